The number of unbranched alkanes of at least 4 members (excludes halogenated alkanes) is 12. The van der Waals surface area contributed by atoms with E-state index in [9.17, 15) is 23.9 Å². The summed E-state index contributed by atoms with van der Waals surface area (Å²) in [5, 5.41) is 0. The molecule has 0 aliphatic carbocycles. The minimum atomic E-state index is -5.32. The van der Waals surface area contributed by atoms with Gasteiger partial charge in [-0.1, -0.05) is 89.9 Å². The zero-order chi connectivity index (χ0) is 31.2. The molecule has 226 valence electrons. The quantitative estimate of drug-likeness (QED) is 0.0368. The van der Waals surface area contributed by atoms with Crippen LogP contribution in [0.15, 0.2) is 0 Å². The molecule has 0 heterocycles. The standard InChI is InChI=1S/C33H41O8P.2Na/c1-3-5-7-9-11-13-15-16-18-20-22-24-26-28-33(35)41-31(30-40-42(36,37)38)29-39-32(34)27-25-23-21-19-17-14-12-10-8-6-4-2;;/h31H,3,5,7,9,11,13,15-16,18,20,22,24,26,28-30H2,1-2H3,(H2,36,37,38);;/q;2*+1/p-2/t31-;;/m1../s1. The summed E-state index contributed by atoms with van der Waals surface area (Å²) in [5.74, 6) is 27.1. The molecule has 0 aromatic carbocycles. The van der Waals surface area contributed by atoms with E-state index >= 15 is 0 Å². The molecule has 0 N–H and O–H groups in total. The zero-order valence-corrected chi connectivity index (χ0v) is 31.5. The van der Waals surface area contributed by atoms with Crippen LogP contribution in [0.4, 0.5) is 0 Å². The fourth-order valence-corrected chi connectivity index (χ4v) is 3.77. The third kappa shape index (κ3) is 36.6. The van der Waals surface area contributed by atoms with E-state index in [1.165, 1.54) is 57.8 Å². The maximum absolute atomic E-state index is 12.2. The first-order valence-electron chi connectivity index (χ1n) is 14.2. The van der Waals surface area contributed by atoms with Crippen LogP contribution in [0.1, 0.15) is 104 Å². The van der Waals surface area contributed by atoms with Gasteiger partial charge in [0.1, 0.15) is 6.61 Å². The van der Waals surface area contributed by atoms with Crippen molar-refractivity contribution >= 4 is 19.8 Å². The van der Waals surface area contributed by atoms with Crippen LogP contribution >= 0.6 is 7.82 Å². The molecule has 0 rings (SSSR count). The number of esters is 2. The Balaban J connectivity index is -0.00000840. The fraction of sp³-hybridized carbons (Fsp3) is 0.576. The monoisotopic (exact) mass is 640 g/mol. The minimum Gasteiger partial charge on any atom is -0.790 e. The number of ether oxygens (including phenoxy) is 2. The van der Waals surface area contributed by atoms with Crippen LogP contribution in [-0.4, -0.2) is 31.3 Å². The van der Waals surface area contributed by atoms with E-state index in [4.69, 9.17) is 9.47 Å². The van der Waals surface area contributed by atoms with Gasteiger partial charge in [-0.15, -0.1) is 0 Å². The molecule has 0 amide bonds. The molecule has 8 nitrogen and oxygen atoms in total. The Morgan fingerprint density at radius 3 is 1.55 bits per heavy atom. The van der Waals surface area contributed by atoms with Crippen molar-refractivity contribution in [3.63, 3.8) is 0 Å². The number of carbonyl (C=O) groups excluding carboxylic acids is 2. The average Bonchev–Trinajstić information content (AvgIpc) is 2.95. The van der Waals surface area contributed by atoms with Gasteiger partial charge in [0.2, 0.25) is 0 Å². The maximum atomic E-state index is 12.2. The van der Waals surface area contributed by atoms with Crippen molar-refractivity contribution in [1.29, 1.82) is 0 Å². The molecule has 0 aromatic rings. The zero-order valence-electron chi connectivity index (χ0n) is 26.6. The molecule has 1 atom stereocenters. The molecule has 44 heavy (non-hydrogen) atoms. The van der Waals surface area contributed by atoms with Gasteiger partial charge in [0.25, 0.3) is 0 Å². The van der Waals surface area contributed by atoms with Crippen molar-refractivity contribution < 1.29 is 97.1 Å². The molecule has 0 aliphatic heterocycles. The van der Waals surface area contributed by atoms with E-state index in [0.29, 0.717) is 6.42 Å². The number of phosphoric ester groups is 1. The molecule has 0 aliphatic rings. The molecule has 0 aromatic heterocycles. The van der Waals surface area contributed by atoms with Crippen molar-refractivity contribution in [3.05, 3.63) is 0 Å². The van der Waals surface area contributed by atoms with Crippen molar-refractivity contribution in [2.45, 2.75) is 110 Å². The third-order valence-electron chi connectivity index (χ3n) is 5.45. The maximum Gasteiger partial charge on any atom is 1.00 e. The molecule has 0 unspecified atom stereocenters. The van der Waals surface area contributed by atoms with E-state index < -0.39 is 39.1 Å². The number of rotatable bonds is 20. The van der Waals surface area contributed by atoms with Crippen LogP contribution in [0.3, 0.4) is 0 Å². The second kappa shape index (κ2) is 34.3. The first-order valence-corrected chi connectivity index (χ1v) is 15.7. The smallest absolute Gasteiger partial charge is 0.790 e. The topological polar surface area (TPSA) is 125 Å². The Morgan fingerprint density at radius 1 is 0.659 bits per heavy atom. The molecule has 0 spiro atoms. The number of carbonyl (C=O) groups is 2. The van der Waals surface area contributed by atoms with Gasteiger partial charge < -0.3 is 28.3 Å². The SMILES string of the molecule is CC#CC#CC#CC#CC#CC#CC(=O)OC[C@H](COP(=O)([O-])[O-])OC(=O)CCCCCCCCCCCCCCC.[Na+].[Na+]. The summed E-state index contributed by atoms with van der Waals surface area (Å²) >= 11 is 0. The molecular weight excluding hydrogens is 601 g/mol. The van der Waals surface area contributed by atoms with Crippen molar-refractivity contribution in [2.75, 3.05) is 13.2 Å². The first-order chi connectivity index (χ1) is 20.3. The van der Waals surface area contributed by atoms with Crippen LogP contribution < -0.4 is 68.9 Å². The minimum absolute atomic E-state index is 0. The predicted molar refractivity (Wildman–Crippen MR) is 157 cm³/mol. The fourth-order valence-electron chi connectivity index (χ4n) is 3.42. The van der Waals surface area contributed by atoms with Gasteiger partial charge in [-0.25, -0.2) is 4.79 Å². The Hall–Kier alpha value is -1.59. The van der Waals surface area contributed by atoms with Crippen LogP contribution in [-0.2, 0) is 28.2 Å². The summed E-state index contributed by atoms with van der Waals surface area (Å²) in [6.07, 6.45) is 13.9. The third-order valence-corrected chi connectivity index (χ3v) is 5.92. The molecule has 11 heteroatoms. The summed E-state index contributed by atoms with van der Waals surface area (Å²) in [5.41, 5.74) is 0. The number of phosphoric acid groups is 1. The molecule has 0 bridgehead atoms. The number of hydrogen-bond acceptors (Lipinski definition) is 8. The molecule has 0 fully saturated rings. The summed E-state index contributed by atoms with van der Waals surface area (Å²) in [4.78, 5) is 45.6. The van der Waals surface area contributed by atoms with Gasteiger partial charge in [-0.3, -0.25) is 4.79 Å². The average molecular weight is 641 g/mol. The molecule has 0 saturated heterocycles. The van der Waals surface area contributed by atoms with Crippen molar-refractivity contribution in [1.82, 2.24) is 0 Å². The van der Waals surface area contributed by atoms with Crippen LogP contribution in [0.5, 0.6) is 0 Å². The first kappa shape index (κ1) is 46.8. The Labute approximate surface area is 308 Å². The van der Waals surface area contributed by atoms with Gasteiger partial charge in [0.05, 0.1) is 14.4 Å². The summed E-state index contributed by atoms with van der Waals surface area (Å²) in [7, 11) is -5.32. The second-order valence-corrected chi connectivity index (χ2v) is 10.2. The Bertz CT molecular complexity index is 1240. The summed E-state index contributed by atoms with van der Waals surface area (Å²) < 4.78 is 25.0. The van der Waals surface area contributed by atoms with E-state index in [1.807, 2.05) is 0 Å². The number of hydrogen-bond donors (Lipinski definition) is 0. The van der Waals surface area contributed by atoms with Gasteiger partial charge in [-0.05, 0) is 72.5 Å². The predicted octanol–water partition coefficient (Wildman–Crippen LogP) is -2.18. The van der Waals surface area contributed by atoms with Crippen LogP contribution in [0.2, 0.25) is 0 Å². The van der Waals surface area contributed by atoms with Gasteiger partial charge in [-0.2, -0.15) is 0 Å². The summed E-state index contributed by atoms with van der Waals surface area (Å²) in [6.45, 7) is 2.54. The largest absolute Gasteiger partial charge is 1.00 e. The normalized spacial score (nSPS) is 9.64. The van der Waals surface area contributed by atoms with E-state index in [0.717, 1.165) is 19.3 Å². The van der Waals surface area contributed by atoms with Gasteiger partial charge in [0, 0.05) is 12.3 Å². The summed E-state index contributed by atoms with van der Waals surface area (Å²) in [6, 6.07) is 0. The second-order valence-electron chi connectivity index (χ2n) is 9.07. The van der Waals surface area contributed by atoms with E-state index in [-0.39, 0.29) is 65.5 Å². The van der Waals surface area contributed by atoms with Gasteiger partial charge in [0.15, 0.2) is 6.10 Å². The molecule has 0 radical (unpaired) electrons. The van der Waals surface area contributed by atoms with E-state index in [1.54, 1.807) is 6.92 Å². The van der Waals surface area contributed by atoms with Gasteiger partial charge >= 0.3 is 71.1 Å². The Morgan fingerprint density at radius 2 is 1.09 bits per heavy atom. The molecule has 0 saturated carbocycles. The van der Waals surface area contributed by atoms with E-state index in [2.05, 4.69) is 82.5 Å². The molecular formula is C33H39Na2O8P. The van der Waals surface area contributed by atoms with Crippen molar-refractivity contribution in [2.24, 2.45) is 0 Å². The Kier molecular flexibility index (Phi) is 36.5. The van der Waals surface area contributed by atoms with Crippen LogP contribution in [0, 0.1) is 71.0 Å². The van der Waals surface area contributed by atoms with Crippen molar-refractivity contribution in [3.8, 4) is 71.0 Å². The van der Waals surface area contributed by atoms with Crippen LogP contribution in [0.25, 0.3) is 0 Å².